The van der Waals surface area contributed by atoms with Gasteiger partial charge in [0.25, 0.3) is 0 Å². The SMILES string of the molecule is CC(C)(C)[O-].CC(C)(C)[O-].CN(C)C=O.[Cu+].[K+]. The van der Waals surface area contributed by atoms with Crippen LogP contribution in [-0.4, -0.2) is 36.6 Å². The summed E-state index contributed by atoms with van der Waals surface area (Å²) in [6.07, 6.45) is 0.750. The third kappa shape index (κ3) is 337. The van der Waals surface area contributed by atoms with Gasteiger partial charge in [-0.3, -0.25) is 4.79 Å². The van der Waals surface area contributed by atoms with Gasteiger partial charge in [0.15, 0.2) is 0 Å². The molecule has 0 aromatic heterocycles. The van der Waals surface area contributed by atoms with E-state index in [1.54, 1.807) is 55.6 Å². The van der Waals surface area contributed by atoms with Crippen LogP contribution in [0.3, 0.4) is 0 Å². The Labute approximate surface area is 159 Å². The molecule has 0 atom stereocenters. The molecule has 0 bridgehead atoms. The van der Waals surface area contributed by atoms with Crippen molar-refractivity contribution in [2.24, 2.45) is 0 Å². The minimum Gasteiger partial charge on any atom is -0.850 e. The standard InChI is InChI=1S/2C4H9O.C3H7NO.Cu.K/c2*1-4(2,3)5;1-4(2)3-5;;/h2*1-3H3;3H,1-2H3;;/q2*-1;;2*+1. The van der Waals surface area contributed by atoms with Gasteiger partial charge >= 0.3 is 68.5 Å². The van der Waals surface area contributed by atoms with E-state index < -0.39 is 11.2 Å². The van der Waals surface area contributed by atoms with Gasteiger partial charge in [-0.1, -0.05) is 41.5 Å². The second-order valence-electron chi connectivity index (χ2n) is 5.29. The van der Waals surface area contributed by atoms with Crippen LogP contribution in [0.15, 0.2) is 0 Å². The second kappa shape index (κ2) is 15.6. The van der Waals surface area contributed by atoms with Crippen LogP contribution in [0.1, 0.15) is 41.5 Å². The summed E-state index contributed by atoms with van der Waals surface area (Å²) in [6, 6.07) is 0. The Bertz CT molecular complexity index is 130. The zero-order valence-electron chi connectivity index (χ0n) is 12.6. The minimum absolute atomic E-state index is 0. The van der Waals surface area contributed by atoms with Gasteiger partial charge in [-0.05, 0) is 0 Å². The summed E-state index contributed by atoms with van der Waals surface area (Å²) >= 11 is 0. The number of rotatable bonds is 1. The average Bonchev–Trinajstić information content (AvgIpc) is 1.79. The summed E-state index contributed by atoms with van der Waals surface area (Å²) in [7, 11) is 3.38. The molecule has 0 aliphatic rings. The molecule has 0 heterocycles. The van der Waals surface area contributed by atoms with Crippen molar-refractivity contribution in [2.75, 3.05) is 14.1 Å². The second-order valence-corrected chi connectivity index (χ2v) is 5.29. The molecule has 0 saturated carbocycles. The first-order valence-corrected chi connectivity index (χ1v) is 4.80. The molecule has 0 radical (unpaired) electrons. The Hall–Kier alpha value is 1.55. The van der Waals surface area contributed by atoms with Crippen LogP contribution >= 0.6 is 0 Å². The summed E-state index contributed by atoms with van der Waals surface area (Å²) in [5, 5.41) is 20.2. The van der Waals surface area contributed by atoms with Crippen LogP contribution in [0, 0.1) is 0 Å². The van der Waals surface area contributed by atoms with Crippen molar-refractivity contribution >= 4 is 6.41 Å². The van der Waals surface area contributed by atoms with Crippen LogP contribution in [0.5, 0.6) is 0 Å². The summed E-state index contributed by atoms with van der Waals surface area (Å²) < 4.78 is 0. The first-order valence-electron chi connectivity index (χ1n) is 4.80. The Morgan fingerprint density at radius 2 is 0.941 bits per heavy atom. The maximum Gasteiger partial charge on any atom is 1.00 e. The number of amides is 1. The van der Waals surface area contributed by atoms with Gasteiger partial charge in [0.1, 0.15) is 0 Å². The topological polar surface area (TPSA) is 66.4 Å². The summed E-state index contributed by atoms with van der Waals surface area (Å²) in [5.41, 5.74) is -1.50. The molecule has 17 heavy (non-hydrogen) atoms. The molecule has 0 aliphatic carbocycles. The molecule has 4 nitrogen and oxygen atoms in total. The Morgan fingerprint density at radius 1 is 0.882 bits per heavy atom. The Morgan fingerprint density at radius 3 is 0.941 bits per heavy atom. The fourth-order valence-electron chi connectivity index (χ4n) is 0. The molecule has 0 aliphatic heterocycles. The predicted octanol–water partition coefficient (Wildman–Crippen LogP) is -3.00. The molecule has 0 fully saturated rings. The van der Waals surface area contributed by atoms with Gasteiger partial charge < -0.3 is 15.1 Å². The zero-order chi connectivity index (χ0) is 13.3. The molecule has 104 valence electrons. The number of nitrogens with zero attached hydrogens (tertiary/aromatic N) is 1. The van der Waals surface area contributed by atoms with Crippen LogP contribution in [0.2, 0.25) is 0 Å². The third-order valence-electron chi connectivity index (χ3n) is 0.211. The molecule has 0 aromatic carbocycles. The number of carbonyl (C=O) groups is 1. The summed E-state index contributed by atoms with van der Waals surface area (Å²) in [5.74, 6) is 0. The van der Waals surface area contributed by atoms with Crippen molar-refractivity contribution in [3.8, 4) is 0 Å². The van der Waals surface area contributed by atoms with Crippen molar-refractivity contribution in [1.82, 2.24) is 4.90 Å². The zero-order valence-corrected chi connectivity index (χ0v) is 16.6. The van der Waals surface area contributed by atoms with Gasteiger partial charge in [0, 0.05) is 14.1 Å². The Kier molecular flexibility index (Phi) is 28.6. The molecule has 0 saturated heterocycles. The monoisotopic (exact) mass is 321 g/mol. The molecular weight excluding hydrogens is 297 g/mol. The largest absolute Gasteiger partial charge is 1.00 e. The van der Waals surface area contributed by atoms with Gasteiger partial charge in [-0.2, -0.15) is 0 Å². The summed E-state index contributed by atoms with van der Waals surface area (Å²) in [4.78, 5) is 10.9. The van der Waals surface area contributed by atoms with E-state index >= 15 is 0 Å². The van der Waals surface area contributed by atoms with Crippen molar-refractivity contribution < 1.29 is 83.5 Å². The maximum absolute atomic E-state index is 10.1. The normalized spacial score (nSPS) is 9.06. The molecule has 0 rings (SSSR count). The maximum atomic E-state index is 10.1. The minimum atomic E-state index is -0.750. The molecule has 0 aromatic rings. The van der Waals surface area contributed by atoms with E-state index in [-0.39, 0.29) is 68.5 Å². The van der Waals surface area contributed by atoms with Crippen molar-refractivity contribution in [3.05, 3.63) is 0 Å². The van der Waals surface area contributed by atoms with Crippen LogP contribution < -0.4 is 61.6 Å². The van der Waals surface area contributed by atoms with Crippen molar-refractivity contribution in [3.63, 3.8) is 0 Å². The van der Waals surface area contributed by atoms with E-state index in [0.29, 0.717) is 0 Å². The van der Waals surface area contributed by atoms with Crippen LogP contribution in [0.25, 0.3) is 0 Å². The number of hydrogen-bond donors (Lipinski definition) is 0. The fourth-order valence-corrected chi connectivity index (χ4v) is 0. The number of hydrogen-bond acceptors (Lipinski definition) is 3. The van der Waals surface area contributed by atoms with E-state index in [9.17, 15) is 15.0 Å². The van der Waals surface area contributed by atoms with E-state index in [1.807, 2.05) is 0 Å². The predicted molar refractivity (Wildman–Crippen MR) is 59.3 cm³/mol. The number of carbonyl (C=O) groups excluding carboxylic acids is 1. The van der Waals surface area contributed by atoms with E-state index in [1.165, 1.54) is 4.90 Å². The van der Waals surface area contributed by atoms with Gasteiger partial charge in [-0.25, -0.2) is 0 Å². The first-order chi connectivity index (χ1) is 6.27. The Balaban J connectivity index is -0.0000000400. The van der Waals surface area contributed by atoms with Gasteiger partial charge in [-0.15, -0.1) is 11.2 Å². The van der Waals surface area contributed by atoms with E-state index in [4.69, 9.17) is 0 Å². The van der Waals surface area contributed by atoms with Crippen molar-refractivity contribution in [1.29, 1.82) is 0 Å². The van der Waals surface area contributed by atoms with Crippen LogP contribution in [0.4, 0.5) is 0 Å². The van der Waals surface area contributed by atoms with Crippen molar-refractivity contribution in [2.45, 2.75) is 52.7 Å². The molecule has 1 amide bonds. The first kappa shape index (κ1) is 31.1. The quantitative estimate of drug-likeness (QED) is 0.382. The smallest absolute Gasteiger partial charge is 0.850 e. The molecule has 6 heteroatoms. The van der Waals surface area contributed by atoms with E-state index in [0.717, 1.165) is 6.41 Å². The third-order valence-corrected chi connectivity index (χ3v) is 0.211. The molecule has 0 spiro atoms. The fraction of sp³-hybridized carbons (Fsp3) is 0.909. The van der Waals surface area contributed by atoms with Gasteiger partial charge in [0.2, 0.25) is 6.41 Å². The van der Waals surface area contributed by atoms with Gasteiger partial charge in [0.05, 0.1) is 0 Å². The molecule has 0 unspecified atom stereocenters. The molecular formula is C11H25CuKNO3. The van der Waals surface area contributed by atoms with Crippen LogP contribution in [-0.2, 0) is 21.9 Å². The average molecular weight is 322 g/mol. The molecule has 0 N–H and O–H groups in total. The van der Waals surface area contributed by atoms with E-state index in [2.05, 4.69) is 0 Å². The summed E-state index contributed by atoms with van der Waals surface area (Å²) in [6.45, 7) is 9.79.